The third kappa shape index (κ3) is 5.45. The number of ether oxygens (including phenoxy) is 4. The molecule has 9 heteroatoms. The van der Waals surface area contributed by atoms with Crippen molar-refractivity contribution in [3.05, 3.63) is 68.7 Å². The molecule has 1 aromatic carbocycles. The fourth-order valence-electron chi connectivity index (χ4n) is 5.48. The molecule has 2 heterocycles. The third-order valence-corrected chi connectivity index (χ3v) is 8.09. The van der Waals surface area contributed by atoms with E-state index in [1.54, 1.807) is 33.1 Å². The van der Waals surface area contributed by atoms with Gasteiger partial charge in [-0.2, -0.15) is 0 Å². The van der Waals surface area contributed by atoms with Crippen LogP contribution in [0.25, 0.3) is 0 Å². The van der Waals surface area contributed by atoms with Gasteiger partial charge in [-0.05, 0) is 55.8 Å². The number of rotatable bonds is 10. The number of carbonyl (C=O) groups is 3. The molecule has 0 unspecified atom stereocenters. The summed E-state index contributed by atoms with van der Waals surface area (Å²) in [6, 6.07) is 9.22. The van der Waals surface area contributed by atoms with E-state index in [-0.39, 0.29) is 24.9 Å². The molecule has 0 fully saturated rings. The van der Waals surface area contributed by atoms with Crippen molar-refractivity contribution < 1.29 is 33.3 Å². The largest absolute Gasteiger partial charge is 0.493 e. The van der Waals surface area contributed by atoms with E-state index in [1.165, 1.54) is 18.4 Å². The summed E-state index contributed by atoms with van der Waals surface area (Å²) >= 11 is 1.51. The molecular weight excluding hydrogens is 518 g/mol. The predicted octanol–water partition coefficient (Wildman–Crippen LogP) is 5.26. The molecule has 1 aromatic heterocycles. The molecule has 39 heavy (non-hydrogen) atoms. The molecule has 0 saturated carbocycles. The number of allylic oxidation sites excluding steroid dienone is 3. The van der Waals surface area contributed by atoms with Crippen LogP contribution in [0.1, 0.15) is 62.3 Å². The number of methoxy groups -OCH3 is 2. The lowest BCUT2D eigenvalue weighted by molar-refractivity contribution is -0.152. The Balaban J connectivity index is 1.95. The topological polar surface area (TPSA) is 100 Å². The summed E-state index contributed by atoms with van der Waals surface area (Å²) in [6.07, 6.45) is 1.80. The van der Waals surface area contributed by atoms with Crippen molar-refractivity contribution >= 4 is 29.1 Å². The molecule has 3 atom stereocenters. The summed E-state index contributed by atoms with van der Waals surface area (Å²) in [5.74, 6) is -2.56. The van der Waals surface area contributed by atoms with Gasteiger partial charge in [-0.25, -0.2) is 4.79 Å². The molecule has 208 valence electrons. The highest BCUT2D eigenvalue weighted by molar-refractivity contribution is 7.10. The van der Waals surface area contributed by atoms with Gasteiger partial charge in [0.15, 0.2) is 17.3 Å². The number of carbonyl (C=O) groups excluding carboxylic acids is 3. The van der Waals surface area contributed by atoms with Crippen molar-refractivity contribution in [2.45, 2.75) is 51.9 Å². The van der Waals surface area contributed by atoms with Crippen molar-refractivity contribution in [3.63, 3.8) is 0 Å². The Kier molecular flexibility index (Phi) is 9.12. The van der Waals surface area contributed by atoms with Crippen LogP contribution in [0.4, 0.5) is 0 Å². The Morgan fingerprint density at radius 2 is 1.77 bits per heavy atom. The number of thiophene rings is 1. The average molecular weight is 554 g/mol. The molecule has 0 saturated heterocycles. The van der Waals surface area contributed by atoms with Crippen LogP contribution in [0, 0.1) is 5.92 Å². The highest BCUT2D eigenvalue weighted by Gasteiger charge is 2.49. The summed E-state index contributed by atoms with van der Waals surface area (Å²) in [5, 5.41) is 5.38. The third-order valence-electron chi connectivity index (χ3n) is 7.09. The van der Waals surface area contributed by atoms with Gasteiger partial charge in [-0.15, -0.1) is 11.3 Å². The SMILES string of the molecule is CCCC1=C(C(=O)OCC)[C@H](c2ccc(OC)c(OC)c2)C2=C(C[C@H](c3cccs3)[C@@H](C(=O)OCC)C2=O)N1. The summed E-state index contributed by atoms with van der Waals surface area (Å²) in [6.45, 7) is 5.86. The summed E-state index contributed by atoms with van der Waals surface area (Å²) in [4.78, 5) is 42.1. The monoisotopic (exact) mass is 553 g/mol. The summed E-state index contributed by atoms with van der Waals surface area (Å²) < 4.78 is 21.9. The number of hydrogen-bond donors (Lipinski definition) is 1. The number of nitrogens with one attached hydrogen (secondary N) is 1. The number of esters is 2. The first-order valence-corrected chi connectivity index (χ1v) is 14.1. The van der Waals surface area contributed by atoms with Crippen molar-refractivity contribution in [1.82, 2.24) is 5.32 Å². The Morgan fingerprint density at radius 1 is 1.03 bits per heavy atom. The van der Waals surface area contributed by atoms with Crippen LogP contribution in [0.15, 0.2) is 58.3 Å². The number of hydrogen-bond acceptors (Lipinski definition) is 9. The zero-order chi connectivity index (χ0) is 28.1. The van der Waals surface area contributed by atoms with Gasteiger partial charge in [0.05, 0.1) is 33.0 Å². The number of Topliss-reactive ketones (excluding diaryl/α,β-unsaturated/α-hetero) is 1. The molecule has 1 aliphatic heterocycles. The number of ketones is 1. The Morgan fingerprint density at radius 3 is 2.38 bits per heavy atom. The Hall–Kier alpha value is -3.59. The van der Waals surface area contributed by atoms with Crippen molar-refractivity contribution in [2.75, 3.05) is 27.4 Å². The molecule has 2 aromatic rings. The van der Waals surface area contributed by atoms with Crippen LogP contribution in [0.2, 0.25) is 0 Å². The highest BCUT2D eigenvalue weighted by atomic mass is 32.1. The van der Waals surface area contributed by atoms with Gasteiger partial charge in [0.2, 0.25) is 0 Å². The van der Waals surface area contributed by atoms with E-state index in [1.807, 2.05) is 30.5 Å². The Labute approximate surface area is 233 Å². The standard InChI is InChI=1S/C30H35NO7S/c1-6-10-19-27(30(34)38-8-3)24(17-12-13-21(35-4)22(15-17)36-5)26-20(31-19)16-18(23-11-9-14-39-23)25(28(26)32)29(33)37-7-2/h9,11-15,18,24-25,31H,6-8,10,16H2,1-5H3/t18-,24-,25-/m1/s1. The minimum Gasteiger partial charge on any atom is -0.493 e. The predicted molar refractivity (Wildman–Crippen MR) is 148 cm³/mol. The molecule has 0 amide bonds. The maximum absolute atomic E-state index is 14.4. The van der Waals surface area contributed by atoms with Crippen molar-refractivity contribution in [2.24, 2.45) is 5.92 Å². The van der Waals surface area contributed by atoms with Gasteiger partial charge in [0.1, 0.15) is 5.92 Å². The zero-order valence-electron chi connectivity index (χ0n) is 23.0. The summed E-state index contributed by atoms with van der Waals surface area (Å²) in [5.41, 5.74) is 2.87. The second-order valence-electron chi connectivity index (χ2n) is 9.35. The smallest absolute Gasteiger partial charge is 0.336 e. The van der Waals surface area contributed by atoms with Gasteiger partial charge >= 0.3 is 11.9 Å². The minimum atomic E-state index is -1.03. The lowest BCUT2D eigenvalue weighted by Crippen LogP contribution is -2.43. The van der Waals surface area contributed by atoms with Crippen molar-refractivity contribution in [3.8, 4) is 11.5 Å². The van der Waals surface area contributed by atoms with Crippen LogP contribution in [0.5, 0.6) is 11.5 Å². The van der Waals surface area contributed by atoms with E-state index in [0.717, 1.165) is 22.7 Å². The van der Waals surface area contributed by atoms with Crippen LogP contribution < -0.4 is 14.8 Å². The van der Waals surface area contributed by atoms with Crippen LogP contribution in [-0.4, -0.2) is 45.2 Å². The van der Waals surface area contributed by atoms with E-state index in [2.05, 4.69) is 5.32 Å². The van der Waals surface area contributed by atoms with E-state index in [0.29, 0.717) is 41.1 Å². The van der Waals surface area contributed by atoms with Crippen LogP contribution in [-0.2, 0) is 23.9 Å². The average Bonchev–Trinajstić information content (AvgIpc) is 3.47. The molecule has 1 N–H and O–H groups in total. The lowest BCUT2D eigenvalue weighted by atomic mass is 9.68. The van der Waals surface area contributed by atoms with Crippen LogP contribution >= 0.6 is 11.3 Å². The molecule has 0 bridgehead atoms. The summed E-state index contributed by atoms with van der Waals surface area (Å²) in [7, 11) is 3.08. The van der Waals surface area contributed by atoms with Gasteiger partial charge in [0.25, 0.3) is 0 Å². The normalized spacial score (nSPS) is 20.7. The Bertz CT molecular complexity index is 1290. The van der Waals surface area contributed by atoms with Crippen LogP contribution in [0.3, 0.4) is 0 Å². The van der Waals surface area contributed by atoms with E-state index in [9.17, 15) is 14.4 Å². The van der Waals surface area contributed by atoms with Gasteiger partial charge < -0.3 is 24.3 Å². The van der Waals surface area contributed by atoms with Crippen molar-refractivity contribution in [1.29, 1.82) is 0 Å². The van der Waals surface area contributed by atoms with E-state index < -0.39 is 23.8 Å². The maximum Gasteiger partial charge on any atom is 0.336 e. The van der Waals surface area contributed by atoms with Gasteiger partial charge in [0, 0.05) is 33.7 Å². The highest BCUT2D eigenvalue weighted by Crippen LogP contribution is 2.50. The van der Waals surface area contributed by atoms with Gasteiger partial charge in [-0.1, -0.05) is 25.5 Å². The molecule has 2 aliphatic rings. The lowest BCUT2D eigenvalue weighted by Gasteiger charge is -2.39. The molecule has 8 nitrogen and oxygen atoms in total. The number of dihydropyridines is 1. The molecule has 0 radical (unpaired) electrons. The van der Waals surface area contributed by atoms with E-state index in [4.69, 9.17) is 18.9 Å². The molecule has 0 spiro atoms. The quantitative estimate of drug-likeness (QED) is 0.314. The fourth-order valence-corrected chi connectivity index (χ4v) is 6.35. The second-order valence-corrected chi connectivity index (χ2v) is 10.3. The fraction of sp³-hybridized carbons (Fsp3) is 0.433. The maximum atomic E-state index is 14.4. The van der Waals surface area contributed by atoms with Gasteiger partial charge in [-0.3, -0.25) is 9.59 Å². The molecular formula is C30H35NO7S. The first-order valence-electron chi connectivity index (χ1n) is 13.3. The molecule has 4 rings (SSSR count). The molecule has 1 aliphatic carbocycles. The number of benzene rings is 1. The zero-order valence-corrected chi connectivity index (χ0v) is 23.8. The first-order chi connectivity index (χ1) is 18.9. The first kappa shape index (κ1) is 28.4. The van der Waals surface area contributed by atoms with E-state index >= 15 is 0 Å². The minimum absolute atomic E-state index is 0.164. The second kappa shape index (κ2) is 12.5.